The van der Waals surface area contributed by atoms with Crippen LogP contribution in [0.3, 0.4) is 0 Å². The fraction of sp³-hybridized carbons (Fsp3) is 0.417. The molecule has 0 amide bonds. The minimum Gasteiger partial charge on any atom is -0.396 e. The summed E-state index contributed by atoms with van der Waals surface area (Å²) in [5.41, 5.74) is 5.97. The topological polar surface area (TPSA) is 43.1 Å². The van der Waals surface area contributed by atoms with Gasteiger partial charge in [0.15, 0.2) is 5.78 Å². The van der Waals surface area contributed by atoms with E-state index in [1.54, 1.807) is 0 Å². The number of carbonyl (C=O) groups excluding carboxylic acids is 1. The second-order valence-corrected chi connectivity index (χ2v) is 4.14. The molecule has 0 aliphatic heterocycles. The minimum absolute atomic E-state index is 0.0484. The first-order chi connectivity index (χ1) is 7.16. The maximum atomic E-state index is 12.8. The van der Waals surface area contributed by atoms with Crippen molar-refractivity contribution >= 4 is 11.5 Å². The van der Waals surface area contributed by atoms with Crippen molar-refractivity contribution in [2.24, 2.45) is 5.92 Å². The van der Waals surface area contributed by atoms with Crippen molar-refractivity contribution in [1.82, 2.24) is 0 Å². The molecule has 2 nitrogen and oxygen atoms in total. The first-order valence-electron chi connectivity index (χ1n) is 5.25. The van der Waals surface area contributed by atoms with Gasteiger partial charge in [-0.25, -0.2) is 4.39 Å². The average molecular weight is 207 g/mol. The highest BCUT2D eigenvalue weighted by molar-refractivity contribution is 5.96. The number of hydrogen-bond acceptors (Lipinski definition) is 2. The van der Waals surface area contributed by atoms with Crippen molar-refractivity contribution < 1.29 is 9.18 Å². The molecule has 1 aromatic rings. The number of carbonyl (C=O) groups is 1. The standard InChI is InChI=1S/C12H14FNO/c13-10-5-4-9(7-11(10)14)12(15)6-3-8-1-2-8/h4-5,7-8H,1-3,6,14H2. The van der Waals surface area contributed by atoms with Crippen LogP contribution in [-0.4, -0.2) is 5.78 Å². The van der Waals surface area contributed by atoms with Crippen LogP contribution in [0.4, 0.5) is 10.1 Å². The molecule has 1 aliphatic rings. The van der Waals surface area contributed by atoms with E-state index >= 15 is 0 Å². The lowest BCUT2D eigenvalue weighted by atomic mass is 10.0. The highest BCUT2D eigenvalue weighted by Gasteiger charge is 2.22. The Morgan fingerprint density at radius 3 is 2.80 bits per heavy atom. The zero-order valence-electron chi connectivity index (χ0n) is 8.50. The number of halogens is 1. The van der Waals surface area contributed by atoms with Crippen LogP contribution < -0.4 is 5.73 Å². The zero-order valence-corrected chi connectivity index (χ0v) is 8.50. The lowest BCUT2D eigenvalue weighted by molar-refractivity contribution is 0.0978. The van der Waals surface area contributed by atoms with E-state index in [0.717, 1.165) is 12.3 Å². The van der Waals surface area contributed by atoms with Crippen LogP contribution in [0.15, 0.2) is 18.2 Å². The van der Waals surface area contributed by atoms with Gasteiger partial charge in [-0.2, -0.15) is 0 Å². The Kier molecular flexibility index (Phi) is 2.71. The summed E-state index contributed by atoms with van der Waals surface area (Å²) in [5.74, 6) is 0.342. The van der Waals surface area contributed by atoms with Gasteiger partial charge in [0.05, 0.1) is 5.69 Å². The van der Waals surface area contributed by atoms with E-state index in [-0.39, 0.29) is 11.5 Å². The van der Waals surface area contributed by atoms with Crippen LogP contribution in [0, 0.1) is 11.7 Å². The summed E-state index contributed by atoms with van der Waals surface area (Å²) in [6, 6.07) is 4.17. The van der Waals surface area contributed by atoms with Gasteiger partial charge in [0.25, 0.3) is 0 Å². The second kappa shape index (κ2) is 4.01. The van der Waals surface area contributed by atoms with Gasteiger partial charge in [-0.15, -0.1) is 0 Å². The van der Waals surface area contributed by atoms with E-state index in [1.165, 1.54) is 31.0 Å². The Morgan fingerprint density at radius 1 is 1.47 bits per heavy atom. The molecule has 0 heterocycles. The van der Waals surface area contributed by atoms with Crippen LogP contribution in [0.2, 0.25) is 0 Å². The molecule has 2 rings (SSSR count). The molecule has 2 N–H and O–H groups in total. The monoisotopic (exact) mass is 207 g/mol. The predicted octanol–water partition coefficient (Wildman–Crippen LogP) is 2.78. The number of Topliss-reactive ketones (excluding diaryl/α,β-unsaturated/α-hetero) is 1. The van der Waals surface area contributed by atoms with E-state index < -0.39 is 5.82 Å². The van der Waals surface area contributed by atoms with Crippen molar-refractivity contribution in [2.45, 2.75) is 25.7 Å². The summed E-state index contributed by atoms with van der Waals surface area (Å²) in [4.78, 5) is 11.7. The number of hydrogen-bond donors (Lipinski definition) is 1. The molecule has 1 fully saturated rings. The largest absolute Gasteiger partial charge is 0.396 e. The van der Waals surface area contributed by atoms with Gasteiger partial charge in [0, 0.05) is 12.0 Å². The molecule has 0 unspecified atom stereocenters. The van der Waals surface area contributed by atoms with Crippen molar-refractivity contribution in [1.29, 1.82) is 0 Å². The first-order valence-corrected chi connectivity index (χ1v) is 5.25. The molecule has 0 bridgehead atoms. The number of ketones is 1. The van der Waals surface area contributed by atoms with Crippen LogP contribution in [-0.2, 0) is 0 Å². The average Bonchev–Trinajstić information content (AvgIpc) is 3.02. The highest BCUT2D eigenvalue weighted by atomic mass is 19.1. The number of nitrogens with two attached hydrogens (primary N) is 1. The molecule has 1 aromatic carbocycles. The van der Waals surface area contributed by atoms with Crippen molar-refractivity contribution in [3.8, 4) is 0 Å². The Hall–Kier alpha value is -1.38. The minimum atomic E-state index is -0.464. The molecule has 80 valence electrons. The van der Waals surface area contributed by atoms with Gasteiger partial charge >= 0.3 is 0 Å². The molecule has 0 atom stereocenters. The molecule has 1 saturated carbocycles. The summed E-state index contributed by atoms with van der Waals surface area (Å²) in [7, 11) is 0. The molecule has 0 spiro atoms. The summed E-state index contributed by atoms with van der Waals surface area (Å²) in [5, 5.41) is 0. The lowest BCUT2D eigenvalue weighted by Gasteiger charge is -2.02. The van der Waals surface area contributed by atoms with Gasteiger partial charge in [0.1, 0.15) is 5.82 Å². The van der Waals surface area contributed by atoms with E-state index in [4.69, 9.17) is 5.73 Å². The summed E-state index contributed by atoms with van der Waals surface area (Å²) in [6.45, 7) is 0. The fourth-order valence-corrected chi connectivity index (χ4v) is 1.60. The molecule has 0 saturated heterocycles. The molecule has 15 heavy (non-hydrogen) atoms. The van der Waals surface area contributed by atoms with Crippen molar-refractivity contribution in [3.63, 3.8) is 0 Å². The quantitative estimate of drug-likeness (QED) is 0.609. The molecule has 0 aromatic heterocycles. The Morgan fingerprint density at radius 2 is 2.20 bits per heavy atom. The molecule has 1 aliphatic carbocycles. The highest BCUT2D eigenvalue weighted by Crippen LogP contribution is 2.33. The SMILES string of the molecule is Nc1cc(C(=O)CCC2CC2)ccc1F. The Balaban J connectivity index is 2.00. The Labute approximate surface area is 88.3 Å². The first kappa shape index (κ1) is 10.1. The third-order valence-corrected chi connectivity index (χ3v) is 2.79. The van der Waals surface area contributed by atoms with Crippen molar-refractivity contribution in [3.05, 3.63) is 29.6 Å². The van der Waals surface area contributed by atoms with Gasteiger partial charge in [-0.3, -0.25) is 4.79 Å². The van der Waals surface area contributed by atoms with Crippen LogP contribution in [0.1, 0.15) is 36.0 Å². The third kappa shape index (κ3) is 2.55. The third-order valence-electron chi connectivity index (χ3n) is 2.79. The number of nitrogen functional groups attached to an aromatic ring is 1. The predicted molar refractivity (Wildman–Crippen MR) is 57.1 cm³/mol. The van der Waals surface area contributed by atoms with Crippen molar-refractivity contribution in [2.75, 3.05) is 5.73 Å². The van der Waals surface area contributed by atoms with Gasteiger partial charge < -0.3 is 5.73 Å². The molecule has 3 heteroatoms. The van der Waals surface area contributed by atoms with Crippen LogP contribution >= 0.6 is 0 Å². The zero-order chi connectivity index (χ0) is 10.8. The molecule has 0 radical (unpaired) electrons. The summed E-state index contributed by atoms with van der Waals surface area (Å²) in [6.07, 6.45) is 4.00. The maximum absolute atomic E-state index is 12.8. The lowest BCUT2D eigenvalue weighted by Crippen LogP contribution is -2.01. The second-order valence-electron chi connectivity index (χ2n) is 4.14. The van der Waals surface area contributed by atoms with Gasteiger partial charge in [-0.1, -0.05) is 12.8 Å². The van der Waals surface area contributed by atoms with E-state index in [0.29, 0.717) is 12.0 Å². The van der Waals surface area contributed by atoms with Crippen LogP contribution in [0.25, 0.3) is 0 Å². The van der Waals surface area contributed by atoms with Gasteiger partial charge in [0.2, 0.25) is 0 Å². The van der Waals surface area contributed by atoms with Crippen LogP contribution in [0.5, 0.6) is 0 Å². The smallest absolute Gasteiger partial charge is 0.162 e. The normalized spacial score (nSPS) is 15.3. The van der Waals surface area contributed by atoms with E-state index in [9.17, 15) is 9.18 Å². The summed E-state index contributed by atoms with van der Waals surface area (Å²) >= 11 is 0. The van der Waals surface area contributed by atoms with E-state index in [1.807, 2.05) is 0 Å². The fourth-order valence-electron chi connectivity index (χ4n) is 1.60. The molecular weight excluding hydrogens is 193 g/mol. The molecular formula is C12H14FNO. The maximum Gasteiger partial charge on any atom is 0.162 e. The number of benzene rings is 1. The summed E-state index contributed by atoms with van der Waals surface area (Å²) < 4.78 is 12.8. The number of anilines is 1. The Bertz CT molecular complexity index is 385. The number of rotatable bonds is 4. The van der Waals surface area contributed by atoms with E-state index in [2.05, 4.69) is 0 Å². The van der Waals surface area contributed by atoms with Gasteiger partial charge in [-0.05, 0) is 30.5 Å².